The first kappa shape index (κ1) is 9.48. The third-order valence-electron chi connectivity index (χ3n) is 2.38. The maximum absolute atomic E-state index is 10.6. The number of primary amides is 1. The van der Waals surface area contributed by atoms with Gasteiger partial charge < -0.3 is 10.9 Å². The van der Waals surface area contributed by atoms with Crippen molar-refractivity contribution in [3.05, 3.63) is 0 Å². The van der Waals surface area contributed by atoms with Crippen LogP contribution in [0, 0.1) is 5.92 Å². The van der Waals surface area contributed by atoms with Gasteiger partial charge >= 0.3 is 0 Å². The molecule has 1 amide bonds. The zero-order chi connectivity index (χ0) is 9.14. The van der Waals surface area contributed by atoms with Crippen molar-refractivity contribution in [3.63, 3.8) is 0 Å². The first-order valence-corrected chi connectivity index (χ1v) is 4.33. The van der Waals surface area contributed by atoms with E-state index in [4.69, 9.17) is 5.73 Å². The van der Waals surface area contributed by atoms with Gasteiger partial charge in [-0.25, -0.2) is 0 Å². The van der Waals surface area contributed by atoms with Crippen LogP contribution < -0.4 is 5.73 Å². The average molecular weight is 172 g/mol. The molecule has 0 aliphatic carbocycles. The Morgan fingerprint density at radius 2 is 2.42 bits per heavy atom. The molecule has 0 aromatic rings. The molecule has 0 radical (unpaired) electrons. The number of carbonyl (C=O) groups excluding carboxylic acids is 1. The van der Waals surface area contributed by atoms with Gasteiger partial charge in [0.15, 0.2) is 0 Å². The molecule has 0 aromatic heterocycles. The highest BCUT2D eigenvalue weighted by atomic mass is 16.5. The van der Waals surface area contributed by atoms with Crippen molar-refractivity contribution >= 4 is 5.91 Å². The van der Waals surface area contributed by atoms with Crippen LogP contribution >= 0.6 is 0 Å². The van der Waals surface area contributed by atoms with Gasteiger partial charge in [0.1, 0.15) is 0 Å². The van der Waals surface area contributed by atoms with Crippen molar-refractivity contribution in [2.75, 3.05) is 6.54 Å². The lowest BCUT2D eigenvalue weighted by Gasteiger charge is -2.33. The molecule has 1 rings (SSSR count). The highest BCUT2D eigenvalue weighted by Gasteiger charge is 2.26. The third-order valence-corrected chi connectivity index (χ3v) is 2.38. The van der Waals surface area contributed by atoms with Gasteiger partial charge in [0.05, 0.1) is 0 Å². The SMILES string of the molecule is CC1CCN(O)C(CC(N)=O)C1. The van der Waals surface area contributed by atoms with Gasteiger partial charge in [-0.2, -0.15) is 5.06 Å². The Morgan fingerprint density at radius 1 is 1.75 bits per heavy atom. The molecule has 0 bridgehead atoms. The topological polar surface area (TPSA) is 66.6 Å². The number of hydroxylamine groups is 2. The van der Waals surface area contributed by atoms with Crippen molar-refractivity contribution in [3.8, 4) is 0 Å². The molecule has 4 nitrogen and oxygen atoms in total. The summed E-state index contributed by atoms with van der Waals surface area (Å²) in [6, 6.07) is -0.0637. The van der Waals surface area contributed by atoms with Gasteiger partial charge in [-0.15, -0.1) is 0 Å². The third kappa shape index (κ3) is 2.46. The van der Waals surface area contributed by atoms with E-state index in [0.717, 1.165) is 12.8 Å². The monoisotopic (exact) mass is 172 g/mol. The standard InChI is InChI=1S/C8H16N2O2/c1-6-2-3-10(12)7(4-6)5-8(9)11/h6-7,12H,2-5H2,1H3,(H2,9,11). The lowest BCUT2D eigenvalue weighted by Crippen LogP contribution is -2.41. The minimum absolute atomic E-state index is 0.0637. The molecule has 1 aliphatic rings. The van der Waals surface area contributed by atoms with Crippen LogP contribution in [0.15, 0.2) is 0 Å². The summed E-state index contributed by atoms with van der Waals surface area (Å²) in [6.07, 6.45) is 2.12. The second-order valence-electron chi connectivity index (χ2n) is 3.62. The molecule has 2 unspecified atom stereocenters. The average Bonchev–Trinajstić information content (AvgIpc) is 1.96. The second kappa shape index (κ2) is 3.87. The molecule has 1 saturated heterocycles. The summed E-state index contributed by atoms with van der Waals surface area (Å²) in [4.78, 5) is 10.6. The second-order valence-corrected chi connectivity index (χ2v) is 3.62. The molecule has 0 aromatic carbocycles. The molecule has 0 spiro atoms. The fourth-order valence-corrected chi connectivity index (χ4v) is 1.66. The quantitative estimate of drug-likeness (QED) is 0.631. The van der Waals surface area contributed by atoms with Crippen LogP contribution in [0.1, 0.15) is 26.2 Å². The summed E-state index contributed by atoms with van der Waals surface area (Å²) in [6.45, 7) is 2.78. The summed E-state index contributed by atoms with van der Waals surface area (Å²) in [5, 5.41) is 10.6. The molecular weight excluding hydrogens is 156 g/mol. The molecule has 1 aliphatic heterocycles. The Hall–Kier alpha value is -0.610. The maximum atomic E-state index is 10.6. The molecule has 4 heteroatoms. The van der Waals surface area contributed by atoms with Crippen LogP contribution in [-0.4, -0.2) is 28.8 Å². The molecule has 3 N–H and O–H groups in total. The summed E-state index contributed by atoms with van der Waals surface area (Å²) < 4.78 is 0. The smallest absolute Gasteiger partial charge is 0.219 e. The predicted molar refractivity (Wildman–Crippen MR) is 44.5 cm³/mol. The zero-order valence-corrected chi connectivity index (χ0v) is 7.36. The fraction of sp³-hybridized carbons (Fsp3) is 0.875. The Bertz CT molecular complexity index is 172. The van der Waals surface area contributed by atoms with Crippen molar-refractivity contribution in [2.45, 2.75) is 32.2 Å². The van der Waals surface area contributed by atoms with Crippen LogP contribution in [0.3, 0.4) is 0 Å². The first-order chi connectivity index (χ1) is 5.59. The fourth-order valence-electron chi connectivity index (χ4n) is 1.66. The molecular formula is C8H16N2O2. The van der Waals surface area contributed by atoms with E-state index in [9.17, 15) is 10.0 Å². The Kier molecular flexibility index (Phi) is 3.05. The summed E-state index contributed by atoms with van der Waals surface area (Å²) in [5.74, 6) is 0.242. The minimum Gasteiger partial charge on any atom is -0.370 e. The normalized spacial score (nSPS) is 31.8. The van der Waals surface area contributed by atoms with E-state index in [1.165, 1.54) is 5.06 Å². The maximum Gasteiger partial charge on any atom is 0.219 e. The summed E-state index contributed by atoms with van der Waals surface area (Å²) in [7, 11) is 0. The molecule has 1 fully saturated rings. The highest BCUT2D eigenvalue weighted by molar-refractivity contribution is 5.74. The van der Waals surface area contributed by atoms with Crippen LogP contribution in [0.25, 0.3) is 0 Å². The number of hydrogen-bond acceptors (Lipinski definition) is 3. The van der Waals surface area contributed by atoms with E-state index < -0.39 is 0 Å². The number of piperidine rings is 1. The van der Waals surface area contributed by atoms with Gasteiger partial charge in [0.2, 0.25) is 5.91 Å². The molecule has 12 heavy (non-hydrogen) atoms. The Labute approximate surface area is 72.3 Å². The van der Waals surface area contributed by atoms with Crippen LogP contribution in [-0.2, 0) is 4.79 Å². The van der Waals surface area contributed by atoms with E-state index in [1.807, 2.05) is 0 Å². The van der Waals surface area contributed by atoms with E-state index in [2.05, 4.69) is 6.92 Å². The Balaban J connectivity index is 2.43. The lowest BCUT2D eigenvalue weighted by atomic mass is 9.92. The number of hydrogen-bond donors (Lipinski definition) is 2. The predicted octanol–water partition coefficient (Wildman–Crippen LogP) is 0.352. The van der Waals surface area contributed by atoms with Gasteiger partial charge in [-0.3, -0.25) is 4.79 Å². The number of rotatable bonds is 2. The van der Waals surface area contributed by atoms with E-state index >= 15 is 0 Å². The van der Waals surface area contributed by atoms with Gasteiger partial charge in [-0.05, 0) is 18.8 Å². The molecule has 70 valence electrons. The molecule has 0 saturated carbocycles. The number of nitrogens with zero attached hydrogens (tertiary/aromatic N) is 1. The van der Waals surface area contributed by atoms with E-state index in [0.29, 0.717) is 12.5 Å². The van der Waals surface area contributed by atoms with Gasteiger partial charge in [-0.1, -0.05) is 6.92 Å². The number of nitrogens with two attached hydrogens (primary N) is 1. The number of amides is 1. The summed E-state index contributed by atoms with van der Waals surface area (Å²) in [5.41, 5.74) is 5.05. The van der Waals surface area contributed by atoms with Gasteiger partial charge in [0.25, 0.3) is 0 Å². The van der Waals surface area contributed by atoms with Crippen molar-refractivity contribution in [1.29, 1.82) is 0 Å². The van der Waals surface area contributed by atoms with E-state index in [-0.39, 0.29) is 18.4 Å². The van der Waals surface area contributed by atoms with Gasteiger partial charge in [0, 0.05) is 19.0 Å². The van der Waals surface area contributed by atoms with Crippen molar-refractivity contribution < 1.29 is 10.0 Å². The summed E-state index contributed by atoms with van der Waals surface area (Å²) >= 11 is 0. The lowest BCUT2D eigenvalue weighted by molar-refractivity contribution is -0.156. The first-order valence-electron chi connectivity index (χ1n) is 4.33. The Morgan fingerprint density at radius 3 is 3.00 bits per heavy atom. The zero-order valence-electron chi connectivity index (χ0n) is 7.36. The number of carbonyl (C=O) groups is 1. The van der Waals surface area contributed by atoms with Crippen LogP contribution in [0.4, 0.5) is 0 Å². The minimum atomic E-state index is -0.340. The van der Waals surface area contributed by atoms with Crippen molar-refractivity contribution in [2.24, 2.45) is 11.7 Å². The molecule has 2 atom stereocenters. The van der Waals surface area contributed by atoms with Crippen molar-refractivity contribution in [1.82, 2.24) is 5.06 Å². The van der Waals surface area contributed by atoms with Crippen LogP contribution in [0.2, 0.25) is 0 Å². The highest BCUT2D eigenvalue weighted by Crippen LogP contribution is 2.22. The van der Waals surface area contributed by atoms with E-state index in [1.54, 1.807) is 0 Å². The largest absolute Gasteiger partial charge is 0.370 e. The molecule has 1 heterocycles. The van der Waals surface area contributed by atoms with Crippen LogP contribution in [0.5, 0.6) is 0 Å².